The second-order valence-corrected chi connectivity index (χ2v) is 5.16. The molecular weight excluding hydrogens is 238 g/mol. The normalized spacial score (nSPS) is 17.4. The lowest BCUT2D eigenvalue weighted by Gasteiger charge is -2.25. The van der Waals surface area contributed by atoms with E-state index in [0.717, 1.165) is 31.5 Å². The number of aryl methyl sites for hydroxylation is 1. The first-order chi connectivity index (χ1) is 9.26. The van der Waals surface area contributed by atoms with Gasteiger partial charge in [0.25, 0.3) is 0 Å². The molecule has 3 nitrogen and oxygen atoms in total. The Balaban J connectivity index is 2.19. The fraction of sp³-hybridized carbons (Fsp3) is 0.562. The SMILES string of the molecule is CCCc1ccc(C(C(=O)OC)N2CCCC2)cc1. The maximum Gasteiger partial charge on any atom is 0.327 e. The van der Waals surface area contributed by atoms with Gasteiger partial charge in [-0.15, -0.1) is 0 Å². The molecule has 0 aliphatic carbocycles. The van der Waals surface area contributed by atoms with Crippen LogP contribution in [0.15, 0.2) is 24.3 Å². The molecule has 0 bridgehead atoms. The molecule has 104 valence electrons. The van der Waals surface area contributed by atoms with Crippen LogP contribution in [-0.4, -0.2) is 31.1 Å². The number of hydrogen-bond donors (Lipinski definition) is 0. The summed E-state index contributed by atoms with van der Waals surface area (Å²) in [6, 6.07) is 8.18. The van der Waals surface area contributed by atoms with Crippen molar-refractivity contribution in [2.24, 2.45) is 0 Å². The van der Waals surface area contributed by atoms with Crippen LogP contribution in [0.5, 0.6) is 0 Å². The first kappa shape index (κ1) is 14.1. The monoisotopic (exact) mass is 261 g/mol. The minimum atomic E-state index is -0.233. The first-order valence-corrected chi connectivity index (χ1v) is 7.17. The maximum absolute atomic E-state index is 12.0. The molecule has 0 N–H and O–H groups in total. The molecule has 1 saturated heterocycles. The van der Waals surface area contributed by atoms with Gasteiger partial charge < -0.3 is 4.74 Å². The third-order valence-corrected chi connectivity index (χ3v) is 3.76. The average molecular weight is 261 g/mol. The average Bonchev–Trinajstić information content (AvgIpc) is 2.95. The van der Waals surface area contributed by atoms with E-state index in [9.17, 15) is 4.79 Å². The Hall–Kier alpha value is -1.35. The van der Waals surface area contributed by atoms with Crippen molar-refractivity contribution >= 4 is 5.97 Å². The van der Waals surface area contributed by atoms with Gasteiger partial charge in [-0.25, -0.2) is 4.79 Å². The van der Waals surface area contributed by atoms with Crippen molar-refractivity contribution in [1.29, 1.82) is 0 Å². The quantitative estimate of drug-likeness (QED) is 0.763. The van der Waals surface area contributed by atoms with Crippen molar-refractivity contribution in [1.82, 2.24) is 4.90 Å². The summed E-state index contributed by atoms with van der Waals surface area (Å²) in [5.41, 5.74) is 2.38. The standard InChI is InChI=1S/C16H23NO2/c1-3-6-13-7-9-14(10-8-13)15(16(18)19-2)17-11-4-5-12-17/h7-10,15H,3-6,11-12H2,1-2H3. The zero-order chi connectivity index (χ0) is 13.7. The van der Waals surface area contributed by atoms with Gasteiger partial charge in [0.05, 0.1) is 7.11 Å². The van der Waals surface area contributed by atoms with E-state index in [4.69, 9.17) is 4.74 Å². The Labute approximate surface area is 115 Å². The predicted octanol–water partition coefficient (Wildman–Crippen LogP) is 2.95. The van der Waals surface area contributed by atoms with E-state index in [2.05, 4.69) is 36.1 Å². The summed E-state index contributed by atoms with van der Waals surface area (Å²) >= 11 is 0. The van der Waals surface area contributed by atoms with Gasteiger partial charge in [0.1, 0.15) is 6.04 Å². The van der Waals surface area contributed by atoms with Gasteiger partial charge in [-0.2, -0.15) is 0 Å². The molecular formula is C16H23NO2. The van der Waals surface area contributed by atoms with Crippen molar-refractivity contribution in [2.75, 3.05) is 20.2 Å². The van der Waals surface area contributed by atoms with Gasteiger partial charge in [-0.3, -0.25) is 4.90 Å². The lowest BCUT2D eigenvalue weighted by Crippen LogP contribution is -2.32. The number of esters is 1. The number of likely N-dealkylation sites (tertiary alicyclic amines) is 1. The molecule has 1 aliphatic rings. The molecule has 1 heterocycles. The van der Waals surface area contributed by atoms with Crippen LogP contribution in [0.2, 0.25) is 0 Å². The van der Waals surface area contributed by atoms with Gasteiger partial charge in [0.15, 0.2) is 0 Å². The van der Waals surface area contributed by atoms with Crippen LogP contribution in [0, 0.1) is 0 Å². The molecule has 2 rings (SSSR count). The number of methoxy groups -OCH3 is 1. The summed E-state index contributed by atoms with van der Waals surface area (Å²) in [5, 5.41) is 0. The molecule has 1 aromatic rings. The number of hydrogen-bond acceptors (Lipinski definition) is 3. The molecule has 1 aromatic carbocycles. The van der Waals surface area contributed by atoms with Gasteiger partial charge in [-0.05, 0) is 43.5 Å². The highest BCUT2D eigenvalue weighted by Gasteiger charge is 2.30. The van der Waals surface area contributed by atoms with E-state index in [1.165, 1.54) is 25.5 Å². The first-order valence-electron chi connectivity index (χ1n) is 7.17. The van der Waals surface area contributed by atoms with E-state index in [0.29, 0.717) is 0 Å². The molecule has 0 radical (unpaired) electrons. The maximum atomic E-state index is 12.0. The number of carbonyl (C=O) groups excluding carboxylic acids is 1. The topological polar surface area (TPSA) is 29.5 Å². The highest BCUT2D eigenvalue weighted by Crippen LogP contribution is 2.26. The Morgan fingerprint density at radius 3 is 2.42 bits per heavy atom. The molecule has 3 heteroatoms. The molecule has 0 aromatic heterocycles. The summed E-state index contributed by atoms with van der Waals surface area (Å²) in [4.78, 5) is 14.3. The number of carbonyl (C=O) groups is 1. The van der Waals surface area contributed by atoms with Crippen molar-refractivity contribution in [3.8, 4) is 0 Å². The Morgan fingerprint density at radius 1 is 1.26 bits per heavy atom. The minimum absolute atomic E-state index is 0.148. The number of ether oxygens (including phenoxy) is 1. The van der Waals surface area contributed by atoms with Crippen LogP contribution in [-0.2, 0) is 16.0 Å². The van der Waals surface area contributed by atoms with Crippen molar-refractivity contribution < 1.29 is 9.53 Å². The molecule has 1 unspecified atom stereocenters. The van der Waals surface area contributed by atoms with Crippen LogP contribution >= 0.6 is 0 Å². The third-order valence-electron chi connectivity index (χ3n) is 3.76. The van der Waals surface area contributed by atoms with E-state index in [1.807, 2.05) is 0 Å². The minimum Gasteiger partial charge on any atom is -0.468 e. The van der Waals surface area contributed by atoms with E-state index < -0.39 is 0 Å². The summed E-state index contributed by atoms with van der Waals surface area (Å²) in [5.74, 6) is -0.148. The number of nitrogens with zero attached hydrogens (tertiary/aromatic N) is 1. The summed E-state index contributed by atoms with van der Waals surface area (Å²) in [7, 11) is 1.47. The molecule has 1 atom stereocenters. The molecule has 0 spiro atoms. The summed E-state index contributed by atoms with van der Waals surface area (Å²) in [6.45, 7) is 4.14. The highest BCUT2D eigenvalue weighted by molar-refractivity contribution is 5.77. The van der Waals surface area contributed by atoms with E-state index in [-0.39, 0.29) is 12.0 Å². The summed E-state index contributed by atoms with van der Waals surface area (Å²) in [6.07, 6.45) is 4.57. The third kappa shape index (κ3) is 3.35. The highest BCUT2D eigenvalue weighted by atomic mass is 16.5. The molecule has 1 aliphatic heterocycles. The van der Waals surface area contributed by atoms with Gasteiger partial charge in [0, 0.05) is 0 Å². The zero-order valence-electron chi connectivity index (χ0n) is 11.9. The lowest BCUT2D eigenvalue weighted by atomic mass is 10.0. The number of benzene rings is 1. The van der Waals surface area contributed by atoms with Gasteiger partial charge in [-0.1, -0.05) is 37.6 Å². The zero-order valence-corrected chi connectivity index (χ0v) is 11.9. The summed E-state index contributed by atoms with van der Waals surface area (Å²) < 4.78 is 4.98. The van der Waals surface area contributed by atoms with Crippen molar-refractivity contribution in [3.63, 3.8) is 0 Å². The van der Waals surface area contributed by atoms with Crippen LogP contribution < -0.4 is 0 Å². The fourth-order valence-corrected chi connectivity index (χ4v) is 2.76. The van der Waals surface area contributed by atoms with Crippen LogP contribution in [0.3, 0.4) is 0 Å². The van der Waals surface area contributed by atoms with Crippen molar-refractivity contribution in [2.45, 2.75) is 38.6 Å². The van der Waals surface area contributed by atoms with Crippen LogP contribution in [0.1, 0.15) is 43.4 Å². The predicted molar refractivity (Wildman–Crippen MR) is 76.0 cm³/mol. The second kappa shape index (κ2) is 6.71. The molecule has 0 amide bonds. The Kier molecular flexibility index (Phi) is 4.97. The molecule has 1 fully saturated rings. The lowest BCUT2D eigenvalue weighted by molar-refractivity contribution is -0.146. The van der Waals surface area contributed by atoms with Gasteiger partial charge >= 0.3 is 5.97 Å². The van der Waals surface area contributed by atoms with Gasteiger partial charge in [0.2, 0.25) is 0 Å². The smallest absolute Gasteiger partial charge is 0.327 e. The molecule has 19 heavy (non-hydrogen) atoms. The fourth-order valence-electron chi connectivity index (χ4n) is 2.76. The Morgan fingerprint density at radius 2 is 1.89 bits per heavy atom. The van der Waals surface area contributed by atoms with E-state index in [1.54, 1.807) is 0 Å². The number of rotatable bonds is 5. The van der Waals surface area contributed by atoms with Crippen LogP contribution in [0.4, 0.5) is 0 Å². The second-order valence-electron chi connectivity index (χ2n) is 5.16. The van der Waals surface area contributed by atoms with Crippen LogP contribution in [0.25, 0.3) is 0 Å². The van der Waals surface area contributed by atoms with Crippen molar-refractivity contribution in [3.05, 3.63) is 35.4 Å². The Bertz CT molecular complexity index is 407. The molecule has 0 saturated carbocycles. The van der Waals surface area contributed by atoms with E-state index >= 15 is 0 Å². The largest absolute Gasteiger partial charge is 0.468 e.